The molecule has 0 spiro atoms. The minimum absolute atomic E-state index is 0.269. The van der Waals surface area contributed by atoms with Crippen LogP contribution in [-0.4, -0.2) is 53.9 Å². The molecule has 8 nitrogen and oxygen atoms in total. The minimum atomic E-state index is -0.882. The molecule has 0 unspecified atom stereocenters. The Morgan fingerprint density at radius 2 is 1.48 bits per heavy atom. The van der Waals surface area contributed by atoms with Crippen molar-refractivity contribution in [2.75, 3.05) is 6.61 Å². The van der Waals surface area contributed by atoms with E-state index in [4.69, 9.17) is 19.0 Å². The molecule has 0 N–H and O–H groups in total. The molecule has 1 heterocycles. The Morgan fingerprint density at radius 3 is 2.07 bits per heavy atom. The van der Waals surface area contributed by atoms with Gasteiger partial charge in [-0.15, -0.1) is 0 Å². The van der Waals surface area contributed by atoms with Gasteiger partial charge in [0.2, 0.25) is 0 Å². The van der Waals surface area contributed by atoms with Crippen LogP contribution in [0, 0.1) is 5.92 Å². The SMILES string of the molecule is CC(=O)O[C@H]1[C@H](OC(C)=O)[C@@H]2CON(Cc3ccccc3)[C@@H]2[C@H]1OC(C)=O. The molecule has 8 heteroatoms. The predicted molar refractivity (Wildman–Crippen MR) is 91.9 cm³/mol. The van der Waals surface area contributed by atoms with Crippen molar-refractivity contribution >= 4 is 17.9 Å². The number of hydrogen-bond acceptors (Lipinski definition) is 8. The molecular weight excluding hydrogens is 354 g/mol. The minimum Gasteiger partial charge on any atom is -0.458 e. The Kier molecular flexibility index (Phi) is 5.76. The van der Waals surface area contributed by atoms with E-state index in [0.717, 1.165) is 5.56 Å². The lowest BCUT2D eigenvalue weighted by atomic mass is 10.0. The van der Waals surface area contributed by atoms with Gasteiger partial charge in [0.25, 0.3) is 0 Å². The van der Waals surface area contributed by atoms with Gasteiger partial charge in [0.05, 0.1) is 12.6 Å². The summed E-state index contributed by atoms with van der Waals surface area (Å²) in [5.41, 5.74) is 1.01. The monoisotopic (exact) mass is 377 g/mol. The average molecular weight is 377 g/mol. The second-order valence-corrected chi connectivity index (χ2v) is 6.73. The molecule has 2 fully saturated rings. The highest BCUT2D eigenvalue weighted by molar-refractivity contribution is 5.68. The molecule has 0 aromatic heterocycles. The zero-order valence-electron chi connectivity index (χ0n) is 15.5. The third kappa shape index (κ3) is 4.28. The molecule has 1 saturated carbocycles. The molecule has 2 aliphatic rings. The summed E-state index contributed by atoms with van der Waals surface area (Å²) in [7, 11) is 0. The van der Waals surface area contributed by atoms with Crippen molar-refractivity contribution in [3.05, 3.63) is 35.9 Å². The maximum Gasteiger partial charge on any atom is 0.303 e. The van der Waals surface area contributed by atoms with E-state index in [1.165, 1.54) is 20.8 Å². The van der Waals surface area contributed by atoms with Gasteiger partial charge >= 0.3 is 17.9 Å². The van der Waals surface area contributed by atoms with Crippen molar-refractivity contribution in [3.8, 4) is 0 Å². The largest absolute Gasteiger partial charge is 0.458 e. The Balaban J connectivity index is 1.90. The van der Waals surface area contributed by atoms with Crippen LogP contribution in [0.25, 0.3) is 0 Å². The van der Waals surface area contributed by atoms with Gasteiger partial charge in [-0.05, 0) is 5.56 Å². The summed E-state index contributed by atoms with van der Waals surface area (Å²) in [5, 5.41) is 1.72. The van der Waals surface area contributed by atoms with Gasteiger partial charge in [0.1, 0.15) is 6.10 Å². The lowest BCUT2D eigenvalue weighted by molar-refractivity contribution is -0.197. The summed E-state index contributed by atoms with van der Waals surface area (Å²) in [4.78, 5) is 40.7. The number of carbonyl (C=O) groups is 3. The number of hydroxylamine groups is 2. The molecule has 5 atom stereocenters. The molecule has 27 heavy (non-hydrogen) atoms. The zero-order chi connectivity index (χ0) is 19.6. The van der Waals surface area contributed by atoms with Crippen molar-refractivity contribution in [3.63, 3.8) is 0 Å². The highest BCUT2D eigenvalue weighted by atomic mass is 16.7. The Hall–Kier alpha value is -2.45. The number of esters is 3. The standard InChI is InChI=1S/C19H23NO7/c1-11(21)25-17-15-10-24-20(9-14-7-5-4-6-8-14)16(15)18(26-12(2)22)19(17)27-13(3)23/h4-8,15-19H,9-10H2,1-3H3/t15-,16+,17-,18-,19+/m1/s1. The smallest absolute Gasteiger partial charge is 0.303 e. The van der Waals surface area contributed by atoms with E-state index in [1.807, 2.05) is 30.3 Å². The molecule has 146 valence electrons. The number of carbonyl (C=O) groups excluding carboxylic acids is 3. The Bertz CT molecular complexity index is 707. The molecular formula is C19H23NO7. The first-order valence-corrected chi connectivity index (χ1v) is 8.82. The van der Waals surface area contributed by atoms with Gasteiger partial charge in [-0.2, -0.15) is 5.06 Å². The summed E-state index contributed by atoms with van der Waals surface area (Å²) in [6.07, 6.45) is -2.43. The van der Waals surface area contributed by atoms with Gasteiger partial charge in [-0.25, -0.2) is 0 Å². The second kappa shape index (κ2) is 8.06. The maximum absolute atomic E-state index is 11.7. The van der Waals surface area contributed by atoms with Crippen LogP contribution in [0.1, 0.15) is 26.3 Å². The van der Waals surface area contributed by atoms with E-state index in [0.29, 0.717) is 6.54 Å². The molecule has 1 aliphatic carbocycles. The average Bonchev–Trinajstić information content (AvgIpc) is 3.10. The second-order valence-electron chi connectivity index (χ2n) is 6.73. The predicted octanol–water partition coefficient (Wildman–Crippen LogP) is 1.23. The van der Waals surface area contributed by atoms with E-state index in [9.17, 15) is 14.4 Å². The lowest BCUT2D eigenvalue weighted by Gasteiger charge is -2.29. The summed E-state index contributed by atoms with van der Waals surface area (Å²) in [6.45, 7) is 4.57. The summed E-state index contributed by atoms with van der Waals surface area (Å²) < 4.78 is 16.3. The molecule has 0 bridgehead atoms. The zero-order valence-corrected chi connectivity index (χ0v) is 15.5. The van der Waals surface area contributed by atoms with Crippen molar-refractivity contribution in [2.24, 2.45) is 5.92 Å². The fourth-order valence-corrected chi connectivity index (χ4v) is 3.82. The number of hydrogen-bond donors (Lipinski definition) is 0. The number of fused-ring (bicyclic) bond motifs is 1. The Labute approximate surface area is 157 Å². The normalized spacial score (nSPS) is 29.8. The van der Waals surface area contributed by atoms with Gasteiger partial charge in [-0.3, -0.25) is 19.2 Å². The topological polar surface area (TPSA) is 91.4 Å². The van der Waals surface area contributed by atoms with Gasteiger partial charge in [-0.1, -0.05) is 30.3 Å². The number of rotatable bonds is 5. The quantitative estimate of drug-likeness (QED) is 0.559. The van der Waals surface area contributed by atoms with Crippen molar-refractivity contribution in [2.45, 2.75) is 51.7 Å². The van der Waals surface area contributed by atoms with Crippen molar-refractivity contribution < 1.29 is 33.4 Å². The summed E-state index contributed by atoms with van der Waals surface area (Å²) in [6, 6.07) is 9.28. The third-order valence-electron chi connectivity index (χ3n) is 4.70. The summed E-state index contributed by atoms with van der Waals surface area (Å²) in [5.74, 6) is -1.83. The number of nitrogens with zero attached hydrogens (tertiary/aromatic N) is 1. The fourth-order valence-electron chi connectivity index (χ4n) is 3.82. The van der Waals surface area contributed by atoms with E-state index < -0.39 is 42.3 Å². The van der Waals surface area contributed by atoms with Crippen LogP contribution in [-0.2, 0) is 40.0 Å². The molecule has 1 aliphatic heterocycles. The van der Waals surface area contributed by atoms with E-state index in [-0.39, 0.29) is 12.5 Å². The van der Waals surface area contributed by atoms with Crippen molar-refractivity contribution in [1.29, 1.82) is 0 Å². The molecule has 1 saturated heterocycles. The van der Waals surface area contributed by atoms with Crippen LogP contribution in [0.4, 0.5) is 0 Å². The number of ether oxygens (including phenoxy) is 3. The van der Waals surface area contributed by atoms with E-state index in [1.54, 1.807) is 5.06 Å². The molecule has 0 amide bonds. The lowest BCUT2D eigenvalue weighted by Crippen LogP contribution is -2.45. The third-order valence-corrected chi connectivity index (χ3v) is 4.70. The van der Waals surface area contributed by atoms with Crippen LogP contribution in [0.5, 0.6) is 0 Å². The van der Waals surface area contributed by atoms with Gasteiger partial charge in [0, 0.05) is 33.2 Å². The Morgan fingerprint density at radius 1 is 0.926 bits per heavy atom. The fraction of sp³-hybridized carbons (Fsp3) is 0.526. The molecule has 1 aromatic carbocycles. The van der Waals surface area contributed by atoms with Crippen molar-refractivity contribution in [1.82, 2.24) is 5.06 Å². The van der Waals surface area contributed by atoms with Gasteiger partial charge < -0.3 is 14.2 Å². The van der Waals surface area contributed by atoms with Gasteiger partial charge in [0.15, 0.2) is 12.2 Å². The number of benzene rings is 1. The first-order chi connectivity index (χ1) is 12.9. The summed E-state index contributed by atoms with van der Waals surface area (Å²) >= 11 is 0. The van der Waals surface area contributed by atoms with E-state index in [2.05, 4.69) is 0 Å². The van der Waals surface area contributed by atoms with Crippen LogP contribution >= 0.6 is 0 Å². The highest BCUT2D eigenvalue weighted by Gasteiger charge is 2.61. The first kappa shape index (κ1) is 19.3. The van der Waals surface area contributed by atoms with Crippen LogP contribution in [0.15, 0.2) is 30.3 Å². The molecule has 1 aromatic rings. The van der Waals surface area contributed by atoms with Crippen LogP contribution in [0.3, 0.4) is 0 Å². The van der Waals surface area contributed by atoms with Crippen LogP contribution in [0.2, 0.25) is 0 Å². The van der Waals surface area contributed by atoms with E-state index >= 15 is 0 Å². The first-order valence-electron chi connectivity index (χ1n) is 8.82. The molecule has 0 radical (unpaired) electrons. The van der Waals surface area contributed by atoms with Crippen LogP contribution < -0.4 is 0 Å². The maximum atomic E-state index is 11.7. The molecule has 3 rings (SSSR count). The highest BCUT2D eigenvalue weighted by Crippen LogP contribution is 2.42.